The van der Waals surface area contributed by atoms with Crippen LogP contribution in [-0.2, 0) is 14.6 Å². The van der Waals surface area contributed by atoms with Gasteiger partial charge in [-0.25, -0.2) is 12.8 Å². The van der Waals surface area contributed by atoms with Crippen molar-refractivity contribution in [2.45, 2.75) is 18.9 Å². The zero-order valence-corrected chi connectivity index (χ0v) is 12.0. The molecule has 20 heavy (non-hydrogen) atoms. The van der Waals surface area contributed by atoms with Crippen molar-refractivity contribution in [1.29, 1.82) is 0 Å². The van der Waals surface area contributed by atoms with Gasteiger partial charge in [-0.05, 0) is 25.5 Å². The van der Waals surface area contributed by atoms with E-state index >= 15 is 0 Å². The highest BCUT2D eigenvalue weighted by Gasteiger charge is 2.38. The van der Waals surface area contributed by atoms with E-state index in [1.807, 2.05) is 0 Å². The van der Waals surface area contributed by atoms with Crippen LogP contribution >= 0.6 is 0 Å². The van der Waals surface area contributed by atoms with Gasteiger partial charge in [0.15, 0.2) is 9.84 Å². The number of nitrogens with one attached hydrogen (secondary N) is 2. The van der Waals surface area contributed by atoms with Crippen molar-refractivity contribution in [2.75, 3.05) is 23.4 Å². The van der Waals surface area contributed by atoms with Crippen LogP contribution in [0, 0.1) is 5.82 Å². The summed E-state index contributed by atoms with van der Waals surface area (Å²) >= 11 is 0. The Morgan fingerprint density at radius 1 is 1.40 bits per heavy atom. The van der Waals surface area contributed by atoms with Crippen LogP contribution in [0.5, 0.6) is 0 Å². The first-order valence-corrected chi connectivity index (χ1v) is 8.12. The zero-order chi connectivity index (χ0) is 14.8. The van der Waals surface area contributed by atoms with Gasteiger partial charge in [0.05, 0.1) is 23.7 Å². The standard InChI is InChI=1S/C13H17FN2O3S/c1-13(6-7-20(18,19)9-13)15-8-12(17)16-11-5-3-2-4-10(11)14/h2-5,15H,6-9H2,1H3,(H,16,17). The number of carbonyl (C=O) groups excluding carboxylic acids is 1. The van der Waals surface area contributed by atoms with E-state index in [1.165, 1.54) is 18.2 Å². The smallest absolute Gasteiger partial charge is 0.238 e. The molecule has 110 valence electrons. The van der Waals surface area contributed by atoms with Crippen LogP contribution in [0.1, 0.15) is 13.3 Å². The molecule has 1 amide bonds. The van der Waals surface area contributed by atoms with Gasteiger partial charge in [-0.3, -0.25) is 4.79 Å². The third kappa shape index (κ3) is 3.77. The first kappa shape index (κ1) is 14.9. The Morgan fingerprint density at radius 2 is 2.10 bits per heavy atom. The molecule has 1 aromatic carbocycles. The lowest BCUT2D eigenvalue weighted by molar-refractivity contribution is -0.115. The topological polar surface area (TPSA) is 75.3 Å². The monoisotopic (exact) mass is 300 g/mol. The van der Waals surface area contributed by atoms with Crippen molar-refractivity contribution in [1.82, 2.24) is 5.32 Å². The molecule has 1 aliphatic rings. The molecule has 2 rings (SSSR count). The second-order valence-corrected chi connectivity index (χ2v) is 7.47. The predicted octanol–water partition coefficient (Wildman–Crippen LogP) is 0.931. The van der Waals surface area contributed by atoms with Gasteiger partial charge in [-0.15, -0.1) is 0 Å². The summed E-state index contributed by atoms with van der Waals surface area (Å²) in [5.74, 6) is -0.755. The summed E-state index contributed by atoms with van der Waals surface area (Å²) in [7, 11) is -3.02. The van der Waals surface area contributed by atoms with Gasteiger partial charge >= 0.3 is 0 Å². The first-order valence-electron chi connectivity index (χ1n) is 6.30. The molecule has 0 radical (unpaired) electrons. The van der Waals surface area contributed by atoms with Crippen LogP contribution in [0.15, 0.2) is 24.3 Å². The van der Waals surface area contributed by atoms with Gasteiger partial charge < -0.3 is 10.6 Å². The van der Waals surface area contributed by atoms with Gasteiger partial charge in [0.1, 0.15) is 5.82 Å². The fraction of sp³-hybridized carbons (Fsp3) is 0.462. The largest absolute Gasteiger partial charge is 0.322 e. The summed E-state index contributed by atoms with van der Waals surface area (Å²) in [6, 6.07) is 5.88. The quantitative estimate of drug-likeness (QED) is 0.867. The molecule has 1 heterocycles. The summed E-state index contributed by atoms with van der Waals surface area (Å²) in [4.78, 5) is 11.7. The maximum Gasteiger partial charge on any atom is 0.238 e. The van der Waals surface area contributed by atoms with Crippen LogP contribution in [-0.4, -0.2) is 37.9 Å². The third-order valence-electron chi connectivity index (χ3n) is 3.33. The number of carbonyl (C=O) groups is 1. The molecule has 1 unspecified atom stereocenters. The van der Waals surface area contributed by atoms with Gasteiger partial charge in [-0.1, -0.05) is 12.1 Å². The number of sulfone groups is 1. The Labute approximate surface area is 117 Å². The Bertz CT molecular complexity index is 618. The van der Waals surface area contributed by atoms with E-state index in [4.69, 9.17) is 0 Å². The summed E-state index contributed by atoms with van der Waals surface area (Å²) < 4.78 is 36.2. The van der Waals surface area contributed by atoms with Gasteiger partial charge in [0.25, 0.3) is 0 Å². The average Bonchev–Trinajstić information content (AvgIpc) is 2.65. The molecule has 1 aromatic rings. The fourth-order valence-corrected chi connectivity index (χ4v) is 4.32. The summed E-state index contributed by atoms with van der Waals surface area (Å²) in [6.07, 6.45) is 0.475. The van der Waals surface area contributed by atoms with Crippen LogP contribution in [0.3, 0.4) is 0 Å². The third-order valence-corrected chi connectivity index (χ3v) is 5.23. The molecule has 0 bridgehead atoms. The van der Waals surface area contributed by atoms with E-state index in [2.05, 4.69) is 10.6 Å². The van der Waals surface area contributed by atoms with Gasteiger partial charge in [0, 0.05) is 5.54 Å². The van der Waals surface area contributed by atoms with Crippen LogP contribution in [0.25, 0.3) is 0 Å². The average molecular weight is 300 g/mol. The van der Waals surface area contributed by atoms with E-state index in [0.29, 0.717) is 6.42 Å². The molecule has 1 fully saturated rings. The number of hydrogen-bond donors (Lipinski definition) is 2. The van der Waals surface area contributed by atoms with E-state index in [-0.39, 0.29) is 23.7 Å². The maximum atomic E-state index is 13.4. The van der Waals surface area contributed by atoms with Crippen LogP contribution in [0.2, 0.25) is 0 Å². The van der Waals surface area contributed by atoms with Crippen LogP contribution < -0.4 is 10.6 Å². The molecule has 2 N–H and O–H groups in total. The lowest BCUT2D eigenvalue weighted by atomic mass is 10.0. The van der Waals surface area contributed by atoms with Crippen molar-refractivity contribution < 1.29 is 17.6 Å². The molecule has 1 aliphatic heterocycles. The minimum absolute atomic E-state index is 0.0208. The molecular weight excluding hydrogens is 283 g/mol. The normalized spacial score (nSPS) is 24.5. The molecule has 1 atom stereocenters. The number of hydrogen-bond acceptors (Lipinski definition) is 4. The van der Waals surface area contributed by atoms with E-state index in [9.17, 15) is 17.6 Å². The van der Waals surface area contributed by atoms with Gasteiger partial charge in [0.2, 0.25) is 5.91 Å². The fourth-order valence-electron chi connectivity index (χ4n) is 2.20. The summed E-state index contributed by atoms with van der Waals surface area (Å²) in [5.41, 5.74) is -0.478. The molecule has 5 nitrogen and oxygen atoms in total. The van der Waals surface area contributed by atoms with Crippen molar-refractivity contribution >= 4 is 21.4 Å². The zero-order valence-electron chi connectivity index (χ0n) is 11.1. The maximum absolute atomic E-state index is 13.4. The van der Waals surface area contributed by atoms with E-state index in [0.717, 1.165) is 0 Å². The Balaban J connectivity index is 1.89. The number of para-hydroxylation sites is 1. The Morgan fingerprint density at radius 3 is 2.70 bits per heavy atom. The van der Waals surface area contributed by atoms with Crippen molar-refractivity contribution in [3.63, 3.8) is 0 Å². The Kier molecular flexibility index (Phi) is 4.10. The van der Waals surface area contributed by atoms with E-state index in [1.54, 1.807) is 13.0 Å². The first-order chi connectivity index (χ1) is 9.30. The van der Waals surface area contributed by atoms with Crippen molar-refractivity contribution in [2.24, 2.45) is 0 Å². The minimum atomic E-state index is -3.02. The SMILES string of the molecule is CC1(NCC(=O)Nc2ccccc2F)CCS(=O)(=O)C1. The summed E-state index contributed by atoms with van der Waals surface area (Å²) in [6.45, 7) is 1.72. The molecule has 7 heteroatoms. The highest BCUT2D eigenvalue weighted by atomic mass is 32.2. The molecular formula is C13H17FN2O3S. The molecule has 0 saturated carbocycles. The molecule has 1 saturated heterocycles. The van der Waals surface area contributed by atoms with Gasteiger partial charge in [-0.2, -0.15) is 0 Å². The number of halogens is 1. The predicted molar refractivity (Wildman–Crippen MR) is 74.7 cm³/mol. The highest BCUT2D eigenvalue weighted by Crippen LogP contribution is 2.22. The second kappa shape index (κ2) is 5.49. The molecule has 0 aromatic heterocycles. The van der Waals surface area contributed by atoms with Crippen LogP contribution in [0.4, 0.5) is 10.1 Å². The van der Waals surface area contributed by atoms with Crippen molar-refractivity contribution in [3.8, 4) is 0 Å². The van der Waals surface area contributed by atoms with E-state index < -0.39 is 27.1 Å². The highest BCUT2D eigenvalue weighted by molar-refractivity contribution is 7.91. The molecule has 0 spiro atoms. The second-order valence-electron chi connectivity index (χ2n) is 5.28. The number of benzene rings is 1. The lowest BCUT2D eigenvalue weighted by Gasteiger charge is -2.23. The summed E-state index contributed by atoms with van der Waals surface area (Å²) in [5, 5.41) is 5.39. The number of rotatable bonds is 4. The number of amides is 1. The Hall–Kier alpha value is -1.47. The number of anilines is 1. The minimum Gasteiger partial charge on any atom is -0.322 e. The molecule has 0 aliphatic carbocycles. The van der Waals surface area contributed by atoms with Crippen molar-refractivity contribution in [3.05, 3.63) is 30.1 Å². The lowest BCUT2D eigenvalue weighted by Crippen LogP contribution is -2.46.